The van der Waals surface area contributed by atoms with Crippen LogP contribution in [0.2, 0.25) is 0 Å². The van der Waals surface area contributed by atoms with Crippen LogP contribution in [-0.2, 0) is 14.3 Å². The fraction of sp³-hybridized carbons (Fsp3) is 0.200. The van der Waals surface area contributed by atoms with Crippen LogP contribution in [0, 0.1) is 6.92 Å². The molecule has 10 heteroatoms. The van der Waals surface area contributed by atoms with Crippen LogP contribution in [0.15, 0.2) is 29.6 Å². The molecule has 0 radical (unpaired) electrons. The van der Waals surface area contributed by atoms with Crippen LogP contribution >= 0.6 is 22.7 Å². The molecule has 25 heavy (non-hydrogen) atoms. The molecule has 0 aliphatic rings. The molecule has 2 heterocycles. The van der Waals surface area contributed by atoms with Crippen molar-refractivity contribution in [1.29, 1.82) is 0 Å². The summed E-state index contributed by atoms with van der Waals surface area (Å²) in [5.74, 6) is -2.31. The van der Waals surface area contributed by atoms with Crippen LogP contribution in [0.5, 0.6) is 0 Å². The summed E-state index contributed by atoms with van der Waals surface area (Å²) in [5.41, 5.74) is 4.32. The van der Waals surface area contributed by atoms with E-state index >= 15 is 0 Å². The number of nitrogens with one attached hydrogen (secondary N) is 3. The van der Waals surface area contributed by atoms with Crippen LogP contribution in [-0.4, -0.2) is 36.8 Å². The highest BCUT2D eigenvalue weighted by atomic mass is 32.1. The van der Waals surface area contributed by atoms with Gasteiger partial charge in [-0.25, -0.2) is 0 Å². The minimum Gasteiger partial charge on any atom is -0.454 e. The Morgan fingerprint density at radius 3 is 2.48 bits per heavy atom. The van der Waals surface area contributed by atoms with Crippen molar-refractivity contribution in [3.8, 4) is 0 Å². The Morgan fingerprint density at radius 2 is 1.84 bits per heavy atom. The van der Waals surface area contributed by atoms with E-state index in [0.29, 0.717) is 9.75 Å². The van der Waals surface area contributed by atoms with Gasteiger partial charge in [0.05, 0.1) is 9.75 Å². The van der Waals surface area contributed by atoms with Crippen LogP contribution in [0.25, 0.3) is 0 Å². The quantitative estimate of drug-likeness (QED) is 0.507. The van der Waals surface area contributed by atoms with Crippen molar-refractivity contribution < 1.29 is 23.9 Å². The maximum Gasteiger partial charge on any atom is 0.325 e. The van der Waals surface area contributed by atoms with Crippen LogP contribution in [0.4, 0.5) is 0 Å². The normalized spacial score (nSPS) is 9.96. The number of carbonyl (C=O) groups is 4. The minimum atomic E-state index is -0.763. The number of esters is 1. The first-order valence-electron chi connectivity index (χ1n) is 7.08. The second-order valence-electron chi connectivity index (χ2n) is 4.73. The summed E-state index contributed by atoms with van der Waals surface area (Å²) in [5, 5.41) is 4.13. The molecule has 0 aromatic carbocycles. The summed E-state index contributed by atoms with van der Waals surface area (Å²) in [6.07, 6.45) is 0. The smallest absolute Gasteiger partial charge is 0.325 e. The van der Waals surface area contributed by atoms with Gasteiger partial charge in [-0.2, -0.15) is 0 Å². The Hall–Kier alpha value is -2.72. The van der Waals surface area contributed by atoms with E-state index in [-0.39, 0.29) is 12.5 Å². The Balaban J connectivity index is 1.63. The molecule has 0 fully saturated rings. The molecule has 8 nitrogen and oxygen atoms in total. The molecule has 0 spiro atoms. The molecule has 0 aliphatic heterocycles. The van der Waals surface area contributed by atoms with Gasteiger partial charge in [0, 0.05) is 4.88 Å². The van der Waals surface area contributed by atoms with Crippen molar-refractivity contribution in [3.05, 3.63) is 44.3 Å². The summed E-state index contributed by atoms with van der Waals surface area (Å²) in [7, 11) is 0. The van der Waals surface area contributed by atoms with Crippen LogP contribution < -0.4 is 16.2 Å². The number of thiophene rings is 2. The fourth-order valence-electron chi connectivity index (χ4n) is 1.63. The van der Waals surface area contributed by atoms with E-state index in [1.165, 1.54) is 22.7 Å². The third kappa shape index (κ3) is 6.01. The van der Waals surface area contributed by atoms with E-state index in [4.69, 9.17) is 4.74 Å². The van der Waals surface area contributed by atoms with Gasteiger partial charge in [-0.1, -0.05) is 6.07 Å². The summed E-state index contributed by atoms with van der Waals surface area (Å²) in [4.78, 5) is 48.3. The van der Waals surface area contributed by atoms with Gasteiger partial charge in [-0.3, -0.25) is 30.0 Å². The average Bonchev–Trinajstić information content (AvgIpc) is 3.27. The largest absolute Gasteiger partial charge is 0.454 e. The first kappa shape index (κ1) is 18.6. The number of hydrogen-bond donors (Lipinski definition) is 3. The highest BCUT2D eigenvalue weighted by Gasteiger charge is 2.13. The molecular weight excluding hydrogens is 366 g/mol. The Bertz CT molecular complexity index is 770. The van der Waals surface area contributed by atoms with E-state index in [1.54, 1.807) is 29.6 Å². The number of hydrazine groups is 1. The molecule has 0 unspecified atom stereocenters. The number of aryl methyl sites for hydroxylation is 1. The highest BCUT2D eigenvalue weighted by Crippen LogP contribution is 2.14. The summed E-state index contributed by atoms with van der Waals surface area (Å²) in [6, 6.07) is 6.76. The standard InChI is InChI=1S/C15H15N3O5S2/c1-9-4-5-11(25-9)14(21)16-7-13(20)23-8-12(19)17-18-15(22)10-3-2-6-24-10/h2-6H,7-8H2,1H3,(H,16,21)(H,17,19)(H,18,22). The van der Waals surface area contributed by atoms with Gasteiger partial charge in [0.2, 0.25) is 0 Å². The molecule has 0 saturated carbocycles. The molecule has 3 amide bonds. The van der Waals surface area contributed by atoms with Crippen molar-refractivity contribution in [2.45, 2.75) is 6.92 Å². The Morgan fingerprint density at radius 1 is 1.04 bits per heavy atom. The van der Waals surface area contributed by atoms with Gasteiger partial charge < -0.3 is 10.1 Å². The van der Waals surface area contributed by atoms with E-state index < -0.39 is 24.4 Å². The number of rotatable bonds is 6. The Labute approximate surface area is 151 Å². The second-order valence-corrected chi connectivity index (χ2v) is 6.97. The molecule has 0 aliphatic carbocycles. The van der Waals surface area contributed by atoms with Crippen molar-refractivity contribution in [3.63, 3.8) is 0 Å². The van der Waals surface area contributed by atoms with Gasteiger partial charge in [-0.05, 0) is 30.5 Å². The minimum absolute atomic E-state index is 0.357. The van der Waals surface area contributed by atoms with Gasteiger partial charge >= 0.3 is 5.97 Å². The maximum absolute atomic E-state index is 11.8. The predicted molar refractivity (Wildman–Crippen MR) is 92.3 cm³/mol. The van der Waals surface area contributed by atoms with Gasteiger partial charge in [0.15, 0.2) is 6.61 Å². The first-order valence-corrected chi connectivity index (χ1v) is 8.78. The third-order valence-corrected chi connectivity index (χ3v) is 4.65. The van der Waals surface area contributed by atoms with Gasteiger partial charge in [0.25, 0.3) is 17.7 Å². The molecule has 132 valence electrons. The zero-order valence-electron chi connectivity index (χ0n) is 13.2. The topological polar surface area (TPSA) is 114 Å². The zero-order chi connectivity index (χ0) is 18.2. The number of amides is 3. The molecule has 2 rings (SSSR count). The monoisotopic (exact) mass is 381 g/mol. The third-order valence-electron chi connectivity index (χ3n) is 2.78. The molecule has 2 aromatic heterocycles. The van der Waals surface area contributed by atoms with Gasteiger partial charge in [-0.15, -0.1) is 22.7 Å². The highest BCUT2D eigenvalue weighted by molar-refractivity contribution is 7.14. The molecular formula is C15H15N3O5S2. The van der Waals surface area contributed by atoms with Gasteiger partial charge in [0.1, 0.15) is 6.54 Å². The maximum atomic E-state index is 11.8. The van der Waals surface area contributed by atoms with E-state index in [2.05, 4.69) is 16.2 Å². The molecule has 0 atom stereocenters. The average molecular weight is 381 g/mol. The summed E-state index contributed by atoms with van der Waals surface area (Å²) < 4.78 is 4.71. The van der Waals surface area contributed by atoms with Crippen molar-refractivity contribution in [1.82, 2.24) is 16.2 Å². The van der Waals surface area contributed by atoms with Crippen molar-refractivity contribution in [2.24, 2.45) is 0 Å². The zero-order valence-corrected chi connectivity index (χ0v) is 14.8. The van der Waals surface area contributed by atoms with Crippen molar-refractivity contribution in [2.75, 3.05) is 13.2 Å². The first-order chi connectivity index (χ1) is 12.0. The SMILES string of the molecule is Cc1ccc(C(=O)NCC(=O)OCC(=O)NNC(=O)c2cccs2)s1. The lowest BCUT2D eigenvalue weighted by atomic mass is 10.4. The fourth-order valence-corrected chi connectivity index (χ4v) is 3.03. The Kier molecular flexibility index (Phi) is 6.66. The molecule has 2 aromatic rings. The number of ether oxygens (including phenoxy) is 1. The lowest BCUT2D eigenvalue weighted by molar-refractivity contribution is -0.147. The second kappa shape index (κ2) is 8.94. The van der Waals surface area contributed by atoms with Crippen LogP contribution in [0.3, 0.4) is 0 Å². The van der Waals surface area contributed by atoms with E-state index in [9.17, 15) is 19.2 Å². The van der Waals surface area contributed by atoms with E-state index in [0.717, 1.165) is 4.88 Å². The van der Waals surface area contributed by atoms with Crippen molar-refractivity contribution >= 4 is 46.4 Å². The van der Waals surface area contributed by atoms with E-state index in [1.807, 2.05) is 6.92 Å². The molecule has 3 N–H and O–H groups in total. The number of hydrogen-bond acceptors (Lipinski definition) is 7. The molecule has 0 saturated heterocycles. The lowest BCUT2D eigenvalue weighted by Gasteiger charge is -2.07. The predicted octanol–water partition coefficient (Wildman–Crippen LogP) is 0.852. The summed E-state index contributed by atoms with van der Waals surface area (Å²) in [6.45, 7) is 0.938. The lowest BCUT2D eigenvalue weighted by Crippen LogP contribution is -2.43. The summed E-state index contributed by atoms with van der Waals surface area (Å²) >= 11 is 2.53. The number of carbonyl (C=O) groups excluding carboxylic acids is 4. The van der Waals surface area contributed by atoms with Crippen LogP contribution in [0.1, 0.15) is 24.2 Å². The molecule has 0 bridgehead atoms.